The molecule has 0 bridgehead atoms. The molecule has 0 aliphatic rings. The molecule has 0 amide bonds. The summed E-state index contributed by atoms with van der Waals surface area (Å²) in [7, 11) is 1.74. The molecule has 0 aliphatic carbocycles. The first kappa shape index (κ1) is 9.02. The molecule has 12 heavy (non-hydrogen) atoms. The van der Waals surface area contributed by atoms with Gasteiger partial charge in [-0.25, -0.2) is 4.21 Å². The Kier molecular flexibility index (Phi) is 3.07. The molecule has 1 aromatic carbocycles. The topological polar surface area (TPSA) is 61.4 Å². The van der Waals surface area contributed by atoms with Gasteiger partial charge in [-0.3, -0.25) is 0 Å². The molecule has 1 N–H and O–H groups in total. The van der Waals surface area contributed by atoms with Crippen LogP contribution in [0.2, 0.25) is 0 Å². The van der Waals surface area contributed by atoms with Crippen molar-refractivity contribution < 1.29 is 12.9 Å². The molecule has 0 saturated carbocycles. The second-order valence-electron chi connectivity index (χ2n) is 2.07. The molecular formula is C7H8NO3S-. The summed E-state index contributed by atoms with van der Waals surface area (Å²) in [5.74, 6) is 0.301. The van der Waals surface area contributed by atoms with Gasteiger partial charge in [0.05, 0.1) is 0 Å². The second kappa shape index (κ2) is 4.08. The Hall–Kier alpha value is -1.07. The van der Waals surface area contributed by atoms with Crippen molar-refractivity contribution in [3.8, 4) is 5.75 Å². The van der Waals surface area contributed by atoms with Gasteiger partial charge in [0, 0.05) is 18.8 Å². The normalized spacial score (nSPS) is 12.2. The van der Waals surface area contributed by atoms with E-state index in [-0.39, 0.29) is 0 Å². The lowest BCUT2D eigenvalue weighted by Gasteiger charge is -2.07. The first-order valence-corrected chi connectivity index (χ1v) is 4.28. The molecule has 0 aliphatic heterocycles. The summed E-state index contributed by atoms with van der Waals surface area (Å²) in [4.78, 5) is 0. The lowest BCUT2D eigenvalue weighted by Crippen LogP contribution is -1.98. The summed E-state index contributed by atoms with van der Waals surface area (Å²) in [6.07, 6.45) is 0. The maximum atomic E-state index is 10.1. The van der Waals surface area contributed by atoms with Crippen LogP contribution in [0.15, 0.2) is 24.3 Å². The van der Waals surface area contributed by atoms with Crippen molar-refractivity contribution in [3.63, 3.8) is 0 Å². The third-order valence-electron chi connectivity index (χ3n) is 1.29. The minimum Gasteiger partial charge on any atom is -0.740 e. The minimum absolute atomic E-state index is 0.301. The number of hydrogen-bond acceptors (Lipinski definition) is 4. The van der Waals surface area contributed by atoms with Crippen molar-refractivity contribution in [2.75, 3.05) is 12.4 Å². The van der Waals surface area contributed by atoms with Crippen LogP contribution in [0.3, 0.4) is 0 Å². The van der Waals surface area contributed by atoms with E-state index < -0.39 is 11.4 Å². The molecular weight excluding hydrogens is 178 g/mol. The minimum atomic E-state index is -2.50. The predicted octanol–water partition coefficient (Wildman–Crippen LogP) is 0.901. The average molecular weight is 186 g/mol. The van der Waals surface area contributed by atoms with E-state index in [9.17, 15) is 8.76 Å². The largest absolute Gasteiger partial charge is 0.740 e. The molecule has 1 unspecified atom stereocenters. The van der Waals surface area contributed by atoms with E-state index in [1.165, 1.54) is 0 Å². The number of benzene rings is 1. The van der Waals surface area contributed by atoms with Crippen LogP contribution in [0.4, 0.5) is 5.69 Å². The van der Waals surface area contributed by atoms with Crippen molar-refractivity contribution in [1.29, 1.82) is 0 Å². The van der Waals surface area contributed by atoms with Gasteiger partial charge in [-0.05, 0) is 12.1 Å². The van der Waals surface area contributed by atoms with Gasteiger partial charge in [-0.2, -0.15) is 0 Å². The molecule has 66 valence electrons. The first-order chi connectivity index (χ1) is 5.72. The molecule has 0 radical (unpaired) electrons. The lowest BCUT2D eigenvalue weighted by atomic mass is 10.3. The quantitative estimate of drug-likeness (QED) is 0.712. The number of anilines is 1. The summed E-state index contributed by atoms with van der Waals surface area (Å²) in [5, 5.41) is 2.86. The van der Waals surface area contributed by atoms with Crippen LogP contribution in [-0.2, 0) is 11.4 Å². The fraction of sp³-hybridized carbons (Fsp3) is 0.143. The lowest BCUT2D eigenvalue weighted by molar-refractivity contribution is 0.440. The van der Waals surface area contributed by atoms with Crippen LogP contribution < -0.4 is 9.50 Å². The number of nitrogens with one attached hydrogen (secondary N) is 1. The van der Waals surface area contributed by atoms with Gasteiger partial charge in [0.1, 0.15) is 17.1 Å². The number of hydrogen-bond donors (Lipinski definition) is 1. The smallest absolute Gasteiger partial charge is 0.141 e. The third kappa shape index (κ3) is 2.52. The van der Waals surface area contributed by atoms with Crippen LogP contribution in [0.1, 0.15) is 0 Å². The molecule has 0 fully saturated rings. The zero-order valence-electron chi connectivity index (χ0n) is 6.44. The predicted molar refractivity (Wildman–Crippen MR) is 45.5 cm³/mol. The molecule has 0 aromatic heterocycles. The molecule has 0 spiro atoms. The highest BCUT2D eigenvalue weighted by Crippen LogP contribution is 2.16. The van der Waals surface area contributed by atoms with Crippen LogP contribution >= 0.6 is 0 Å². The Bertz CT molecular complexity index is 290. The maximum absolute atomic E-state index is 10.1. The van der Waals surface area contributed by atoms with Gasteiger partial charge < -0.3 is 14.1 Å². The fourth-order valence-corrected chi connectivity index (χ4v) is 1.04. The summed E-state index contributed by atoms with van der Waals surface area (Å²) in [6.45, 7) is 0. The fourth-order valence-electron chi connectivity index (χ4n) is 0.782. The molecule has 1 atom stereocenters. The van der Waals surface area contributed by atoms with Gasteiger partial charge in [0.2, 0.25) is 0 Å². The van der Waals surface area contributed by atoms with E-state index in [2.05, 4.69) is 9.50 Å². The summed E-state index contributed by atoms with van der Waals surface area (Å²) < 4.78 is 24.7. The zero-order chi connectivity index (χ0) is 8.97. The third-order valence-corrected chi connectivity index (χ3v) is 1.62. The van der Waals surface area contributed by atoms with Gasteiger partial charge in [-0.15, -0.1) is 0 Å². The van der Waals surface area contributed by atoms with Crippen molar-refractivity contribution in [2.45, 2.75) is 0 Å². The Morgan fingerprint density at radius 2 is 2.33 bits per heavy atom. The van der Waals surface area contributed by atoms with Gasteiger partial charge >= 0.3 is 0 Å². The second-order valence-corrected chi connectivity index (χ2v) is 2.64. The van der Waals surface area contributed by atoms with E-state index in [4.69, 9.17) is 0 Å². The van der Waals surface area contributed by atoms with Crippen molar-refractivity contribution in [1.82, 2.24) is 0 Å². The highest BCUT2D eigenvalue weighted by atomic mass is 32.2. The highest BCUT2D eigenvalue weighted by Gasteiger charge is 1.94. The SMILES string of the molecule is CNc1cccc(OS(=O)[O-])c1. The monoisotopic (exact) mass is 186 g/mol. The van der Waals surface area contributed by atoms with E-state index >= 15 is 0 Å². The average Bonchev–Trinajstić information content (AvgIpc) is 2.03. The van der Waals surface area contributed by atoms with Crippen molar-refractivity contribution in [2.24, 2.45) is 0 Å². The molecule has 1 rings (SSSR count). The van der Waals surface area contributed by atoms with Crippen molar-refractivity contribution >= 4 is 17.0 Å². The standard InChI is InChI=1S/C7H9NO3S/c1-8-6-3-2-4-7(5-6)11-12(9)10/h2-5,8H,1H3,(H,9,10)/p-1. The van der Waals surface area contributed by atoms with Crippen LogP contribution in [0, 0.1) is 0 Å². The zero-order valence-corrected chi connectivity index (χ0v) is 7.26. The number of rotatable bonds is 3. The summed E-state index contributed by atoms with van der Waals surface area (Å²) >= 11 is -2.50. The first-order valence-electron chi connectivity index (χ1n) is 3.28. The summed E-state index contributed by atoms with van der Waals surface area (Å²) in [5.41, 5.74) is 0.804. The van der Waals surface area contributed by atoms with E-state index in [0.29, 0.717) is 5.75 Å². The van der Waals surface area contributed by atoms with Crippen molar-refractivity contribution in [3.05, 3.63) is 24.3 Å². The molecule has 4 nitrogen and oxygen atoms in total. The Morgan fingerprint density at radius 1 is 1.58 bits per heavy atom. The Morgan fingerprint density at radius 3 is 2.92 bits per heavy atom. The van der Waals surface area contributed by atoms with Crippen LogP contribution in [-0.4, -0.2) is 15.8 Å². The molecule has 0 saturated heterocycles. The van der Waals surface area contributed by atoms with Crippen LogP contribution in [0.5, 0.6) is 5.75 Å². The Balaban J connectivity index is 2.79. The van der Waals surface area contributed by atoms with Gasteiger partial charge in [-0.1, -0.05) is 6.07 Å². The van der Waals surface area contributed by atoms with E-state index in [0.717, 1.165) is 5.69 Å². The highest BCUT2D eigenvalue weighted by molar-refractivity contribution is 7.74. The Labute approximate surface area is 73.0 Å². The van der Waals surface area contributed by atoms with Crippen LogP contribution in [0.25, 0.3) is 0 Å². The van der Waals surface area contributed by atoms with Gasteiger partial charge in [0.25, 0.3) is 0 Å². The summed E-state index contributed by atoms with van der Waals surface area (Å²) in [6, 6.07) is 6.67. The molecule has 1 aromatic rings. The molecule has 0 heterocycles. The maximum Gasteiger partial charge on any atom is 0.141 e. The molecule has 5 heteroatoms. The van der Waals surface area contributed by atoms with E-state index in [1.807, 2.05) is 0 Å². The van der Waals surface area contributed by atoms with Gasteiger partial charge in [0.15, 0.2) is 0 Å². The van der Waals surface area contributed by atoms with E-state index in [1.54, 1.807) is 31.3 Å².